The quantitative estimate of drug-likeness (QED) is 0.703. The maximum atomic E-state index is 12.4. The Morgan fingerprint density at radius 2 is 1.75 bits per heavy atom. The molecule has 2 N–H and O–H groups in total. The van der Waals surface area contributed by atoms with Gasteiger partial charge in [-0.25, -0.2) is 4.79 Å². The highest BCUT2D eigenvalue weighted by molar-refractivity contribution is 5.88. The second kappa shape index (κ2) is 8.28. The molecule has 1 aliphatic carbocycles. The number of carbonyl (C=O) groups is 2. The number of hydrogen-bond donors (Lipinski definition) is 2. The van der Waals surface area contributed by atoms with Gasteiger partial charge >= 0.3 is 5.97 Å². The van der Waals surface area contributed by atoms with Crippen LogP contribution in [0.5, 0.6) is 0 Å². The average Bonchev–Trinajstić information content (AvgIpc) is 2.66. The van der Waals surface area contributed by atoms with Gasteiger partial charge in [-0.05, 0) is 25.7 Å². The fraction of sp³-hybridized carbons (Fsp3) is 0.875. The van der Waals surface area contributed by atoms with Gasteiger partial charge in [0.15, 0.2) is 0 Å². The standard InChI is InChI=1S/C16H29NO3/c1-3-5-10-13(4-2)14(18)17-16(15(19)20)11-8-6-7-9-12-16/h13H,3-12H2,1-2H3,(H,17,18)(H,19,20). The Kier molecular flexibility index (Phi) is 7.03. The lowest BCUT2D eigenvalue weighted by Gasteiger charge is -2.31. The van der Waals surface area contributed by atoms with Crippen LogP contribution in [0, 0.1) is 5.92 Å². The van der Waals surface area contributed by atoms with Gasteiger partial charge in [-0.1, -0.05) is 52.4 Å². The number of unbranched alkanes of at least 4 members (excludes halogenated alkanes) is 1. The molecule has 4 heteroatoms. The molecule has 0 aromatic carbocycles. The summed E-state index contributed by atoms with van der Waals surface area (Å²) in [6.45, 7) is 4.11. The van der Waals surface area contributed by atoms with Gasteiger partial charge in [0.2, 0.25) is 5.91 Å². The monoisotopic (exact) mass is 283 g/mol. The third-order valence-corrected chi connectivity index (χ3v) is 4.50. The Balaban J connectivity index is 2.73. The van der Waals surface area contributed by atoms with Crippen molar-refractivity contribution < 1.29 is 14.7 Å². The fourth-order valence-electron chi connectivity index (χ4n) is 3.03. The number of aliphatic carboxylic acids is 1. The molecule has 116 valence electrons. The SMILES string of the molecule is CCCCC(CC)C(=O)NC1(C(=O)O)CCCCCC1. The van der Waals surface area contributed by atoms with Crippen LogP contribution in [0.1, 0.15) is 78.1 Å². The molecule has 0 aliphatic heterocycles. The summed E-state index contributed by atoms with van der Waals surface area (Å²) < 4.78 is 0. The molecular formula is C16H29NO3. The van der Waals surface area contributed by atoms with E-state index in [1.807, 2.05) is 6.92 Å². The van der Waals surface area contributed by atoms with Crippen molar-refractivity contribution in [2.75, 3.05) is 0 Å². The van der Waals surface area contributed by atoms with E-state index >= 15 is 0 Å². The van der Waals surface area contributed by atoms with Crippen molar-refractivity contribution in [1.82, 2.24) is 5.32 Å². The van der Waals surface area contributed by atoms with Crippen LogP contribution < -0.4 is 5.32 Å². The molecule has 1 saturated carbocycles. The van der Waals surface area contributed by atoms with Crippen LogP contribution in [0.15, 0.2) is 0 Å². The van der Waals surface area contributed by atoms with E-state index in [9.17, 15) is 14.7 Å². The van der Waals surface area contributed by atoms with E-state index in [2.05, 4.69) is 12.2 Å². The van der Waals surface area contributed by atoms with Gasteiger partial charge in [0.25, 0.3) is 0 Å². The van der Waals surface area contributed by atoms with Crippen molar-refractivity contribution in [2.45, 2.75) is 83.6 Å². The predicted octanol–water partition coefficient (Wildman–Crippen LogP) is 3.50. The third kappa shape index (κ3) is 4.50. The van der Waals surface area contributed by atoms with E-state index in [0.717, 1.165) is 51.4 Å². The zero-order valence-electron chi connectivity index (χ0n) is 12.9. The lowest BCUT2D eigenvalue weighted by molar-refractivity contribution is -0.149. The molecule has 0 aromatic heterocycles. The van der Waals surface area contributed by atoms with Gasteiger partial charge in [-0.3, -0.25) is 4.79 Å². The van der Waals surface area contributed by atoms with Crippen LogP contribution >= 0.6 is 0 Å². The van der Waals surface area contributed by atoms with Crippen molar-refractivity contribution in [3.63, 3.8) is 0 Å². The predicted molar refractivity (Wildman–Crippen MR) is 79.5 cm³/mol. The summed E-state index contributed by atoms with van der Waals surface area (Å²) >= 11 is 0. The first kappa shape index (κ1) is 17.0. The Morgan fingerprint density at radius 3 is 2.20 bits per heavy atom. The Hall–Kier alpha value is -1.06. The number of carboxylic acids is 1. The molecule has 1 amide bonds. The Labute approximate surface area is 122 Å². The van der Waals surface area contributed by atoms with E-state index in [0.29, 0.717) is 12.8 Å². The summed E-state index contributed by atoms with van der Waals surface area (Å²) in [4.78, 5) is 24.1. The smallest absolute Gasteiger partial charge is 0.329 e. The normalized spacial score (nSPS) is 19.9. The molecule has 0 saturated heterocycles. The Bertz CT molecular complexity index is 320. The molecule has 0 heterocycles. The topological polar surface area (TPSA) is 66.4 Å². The van der Waals surface area contributed by atoms with Gasteiger partial charge in [-0.2, -0.15) is 0 Å². The van der Waals surface area contributed by atoms with E-state index in [1.54, 1.807) is 0 Å². The summed E-state index contributed by atoms with van der Waals surface area (Å²) in [6.07, 6.45) is 8.76. The highest BCUT2D eigenvalue weighted by Crippen LogP contribution is 2.28. The molecule has 0 aromatic rings. The van der Waals surface area contributed by atoms with Crippen LogP contribution in [0.25, 0.3) is 0 Å². The lowest BCUT2D eigenvalue weighted by Crippen LogP contribution is -2.55. The number of rotatable bonds is 7. The van der Waals surface area contributed by atoms with Crippen molar-refractivity contribution in [2.24, 2.45) is 5.92 Å². The molecule has 1 atom stereocenters. The van der Waals surface area contributed by atoms with Crippen molar-refractivity contribution in [3.8, 4) is 0 Å². The van der Waals surface area contributed by atoms with Gasteiger partial charge in [0, 0.05) is 5.92 Å². The highest BCUT2D eigenvalue weighted by atomic mass is 16.4. The zero-order chi connectivity index (χ0) is 15.0. The second-order valence-electron chi connectivity index (χ2n) is 6.04. The van der Waals surface area contributed by atoms with Crippen LogP contribution in [0.3, 0.4) is 0 Å². The van der Waals surface area contributed by atoms with Crippen LogP contribution in [-0.2, 0) is 9.59 Å². The number of carboxylic acid groups (broad SMARTS) is 1. The maximum Gasteiger partial charge on any atom is 0.329 e. The van der Waals surface area contributed by atoms with Crippen molar-refractivity contribution in [3.05, 3.63) is 0 Å². The minimum Gasteiger partial charge on any atom is -0.480 e. The van der Waals surface area contributed by atoms with Crippen molar-refractivity contribution >= 4 is 11.9 Å². The zero-order valence-corrected chi connectivity index (χ0v) is 12.9. The molecule has 1 unspecified atom stereocenters. The second-order valence-corrected chi connectivity index (χ2v) is 6.04. The average molecular weight is 283 g/mol. The van der Waals surface area contributed by atoms with E-state index in [1.165, 1.54) is 0 Å². The first-order valence-corrected chi connectivity index (χ1v) is 8.11. The lowest BCUT2D eigenvalue weighted by atomic mass is 9.88. The van der Waals surface area contributed by atoms with Gasteiger partial charge in [0.1, 0.15) is 5.54 Å². The highest BCUT2D eigenvalue weighted by Gasteiger charge is 2.40. The molecule has 1 rings (SSSR count). The molecule has 1 aliphatic rings. The van der Waals surface area contributed by atoms with Gasteiger partial charge < -0.3 is 10.4 Å². The number of hydrogen-bond acceptors (Lipinski definition) is 2. The first-order valence-electron chi connectivity index (χ1n) is 8.11. The van der Waals surface area contributed by atoms with Gasteiger partial charge in [-0.15, -0.1) is 0 Å². The van der Waals surface area contributed by atoms with Crippen LogP contribution in [-0.4, -0.2) is 22.5 Å². The minimum atomic E-state index is -1.02. The molecule has 0 radical (unpaired) electrons. The molecule has 0 spiro atoms. The summed E-state index contributed by atoms with van der Waals surface area (Å²) in [6, 6.07) is 0. The number of nitrogens with one attached hydrogen (secondary N) is 1. The molecular weight excluding hydrogens is 254 g/mol. The number of carbonyl (C=O) groups excluding carboxylic acids is 1. The molecule has 20 heavy (non-hydrogen) atoms. The molecule has 0 bridgehead atoms. The van der Waals surface area contributed by atoms with Crippen LogP contribution in [0.4, 0.5) is 0 Å². The first-order chi connectivity index (χ1) is 9.55. The third-order valence-electron chi connectivity index (χ3n) is 4.50. The summed E-state index contributed by atoms with van der Waals surface area (Å²) in [5.74, 6) is -0.974. The fourth-order valence-corrected chi connectivity index (χ4v) is 3.03. The summed E-state index contributed by atoms with van der Waals surface area (Å²) in [5, 5.41) is 12.5. The molecule has 1 fully saturated rings. The van der Waals surface area contributed by atoms with Gasteiger partial charge in [0.05, 0.1) is 0 Å². The summed E-state index contributed by atoms with van der Waals surface area (Å²) in [7, 11) is 0. The minimum absolute atomic E-state index is 0.0468. The van der Waals surface area contributed by atoms with E-state index < -0.39 is 11.5 Å². The van der Waals surface area contributed by atoms with E-state index in [4.69, 9.17) is 0 Å². The van der Waals surface area contributed by atoms with Crippen LogP contribution in [0.2, 0.25) is 0 Å². The van der Waals surface area contributed by atoms with E-state index in [-0.39, 0.29) is 11.8 Å². The van der Waals surface area contributed by atoms with Crippen molar-refractivity contribution in [1.29, 1.82) is 0 Å². The number of amides is 1. The Morgan fingerprint density at radius 1 is 1.15 bits per heavy atom. The summed E-state index contributed by atoms with van der Waals surface area (Å²) in [5.41, 5.74) is -1.02. The maximum absolute atomic E-state index is 12.4. The molecule has 4 nitrogen and oxygen atoms in total. The largest absolute Gasteiger partial charge is 0.480 e.